The Kier molecular flexibility index (Phi) is 34.7. The first-order chi connectivity index (χ1) is 18.5. The lowest BCUT2D eigenvalue weighted by Gasteiger charge is -2.31. The molecule has 8 nitrogen and oxygen atoms in total. The van der Waals surface area contributed by atoms with E-state index in [2.05, 4.69) is 53.6 Å². The summed E-state index contributed by atoms with van der Waals surface area (Å²) in [6.07, 6.45) is 1.24. The highest BCUT2D eigenvalue weighted by Gasteiger charge is 2.55. The van der Waals surface area contributed by atoms with Crippen molar-refractivity contribution in [1.29, 1.82) is 0 Å². The number of nitrogens with one attached hydrogen (secondary N) is 1. The number of hydrogen-bond acceptors (Lipinski definition) is 6. The zero-order valence-electron chi connectivity index (χ0n) is 27.9. The first kappa shape index (κ1) is 52.9. The van der Waals surface area contributed by atoms with Gasteiger partial charge in [0.1, 0.15) is 6.54 Å². The Morgan fingerprint density at radius 2 is 1.00 bits per heavy atom. The fraction of sp³-hybridized carbons (Fsp3) is 1.00. The van der Waals surface area contributed by atoms with Gasteiger partial charge in [-0.25, -0.2) is 16.8 Å². The van der Waals surface area contributed by atoms with Gasteiger partial charge in [0.05, 0.1) is 33.9 Å². The van der Waals surface area contributed by atoms with Crippen molar-refractivity contribution in [2.45, 2.75) is 120 Å². The van der Waals surface area contributed by atoms with E-state index in [4.69, 9.17) is 4.74 Å². The summed E-state index contributed by atoms with van der Waals surface area (Å²) in [6.45, 7) is 32.3. The molecule has 0 aliphatic rings. The SMILES string of the molecule is CC.CC.CC.CC.CCC[N+](C)(C)CCOCCN(C(C)C)C(C)C.O=S(=O)(NS(=O)(=O)C(F)(F)F)C(F)(F)F. The number of nitrogens with zero attached hydrogens (tertiary/aromatic N) is 2. The van der Waals surface area contributed by atoms with E-state index in [0.29, 0.717) is 12.1 Å². The molecule has 0 saturated carbocycles. The van der Waals surface area contributed by atoms with E-state index in [0.717, 1.165) is 30.8 Å². The minimum absolute atomic E-state index is 0.493. The Hall–Kier alpha value is -0.680. The summed E-state index contributed by atoms with van der Waals surface area (Å²) in [5, 5.41) is 0. The van der Waals surface area contributed by atoms with Crippen LogP contribution in [0.5, 0.6) is 0 Å². The summed E-state index contributed by atoms with van der Waals surface area (Å²) in [6, 6.07) is 1.20. The highest BCUT2D eigenvalue weighted by molar-refractivity contribution is 8.05. The van der Waals surface area contributed by atoms with Crippen LogP contribution in [0.25, 0.3) is 0 Å². The molecule has 0 aromatic rings. The maximum Gasteiger partial charge on any atom is 0.512 e. The largest absolute Gasteiger partial charge is 0.512 e. The van der Waals surface area contributed by atoms with Crippen molar-refractivity contribution >= 4 is 20.0 Å². The van der Waals surface area contributed by atoms with Gasteiger partial charge < -0.3 is 9.22 Å². The number of halogens is 6. The third-order valence-corrected chi connectivity index (χ3v) is 7.29. The highest BCUT2D eigenvalue weighted by atomic mass is 32.3. The maximum atomic E-state index is 11.5. The molecule has 0 atom stereocenters. The van der Waals surface area contributed by atoms with Crippen molar-refractivity contribution in [3.8, 4) is 0 Å². The number of alkyl halides is 6. The lowest BCUT2D eigenvalue weighted by atomic mass is 10.2. The van der Waals surface area contributed by atoms with Crippen LogP contribution < -0.4 is 4.13 Å². The molecular formula is C25H60F6N3O5S2+. The summed E-state index contributed by atoms with van der Waals surface area (Å²) in [7, 11) is -8.63. The van der Waals surface area contributed by atoms with E-state index in [-0.39, 0.29) is 0 Å². The topological polar surface area (TPSA) is 92.8 Å². The fourth-order valence-corrected chi connectivity index (χ4v) is 4.56. The van der Waals surface area contributed by atoms with E-state index >= 15 is 0 Å². The first-order valence-corrected chi connectivity index (χ1v) is 17.0. The van der Waals surface area contributed by atoms with Crippen LogP contribution in [0.15, 0.2) is 0 Å². The van der Waals surface area contributed by atoms with Crippen molar-refractivity contribution in [3.05, 3.63) is 0 Å². The summed E-state index contributed by atoms with van der Waals surface area (Å²) < 4.78 is 115. The Morgan fingerprint density at radius 1 is 0.683 bits per heavy atom. The second-order valence-electron chi connectivity index (χ2n) is 8.40. The van der Waals surface area contributed by atoms with Crippen LogP contribution >= 0.6 is 0 Å². The molecule has 0 aromatic carbocycles. The van der Waals surface area contributed by atoms with E-state index in [9.17, 15) is 43.2 Å². The lowest BCUT2D eigenvalue weighted by Crippen LogP contribution is -2.45. The van der Waals surface area contributed by atoms with Crippen molar-refractivity contribution in [2.75, 3.05) is 46.9 Å². The molecule has 0 heterocycles. The predicted octanol–water partition coefficient (Wildman–Crippen LogP) is 6.99. The molecule has 258 valence electrons. The minimum atomic E-state index is -6.60. The van der Waals surface area contributed by atoms with Gasteiger partial charge in [-0.1, -0.05) is 66.4 Å². The second kappa shape index (κ2) is 26.9. The van der Waals surface area contributed by atoms with Crippen LogP contribution in [-0.4, -0.2) is 96.3 Å². The molecule has 0 aromatic heterocycles. The third kappa shape index (κ3) is 27.9. The van der Waals surface area contributed by atoms with E-state index in [1.807, 2.05) is 55.4 Å². The quantitative estimate of drug-likeness (QED) is 0.138. The van der Waals surface area contributed by atoms with Gasteiger partial charge in [0.25, 0.3) is 0 Å². The Morgan fingerprint density at radius 3 is 1.24 bits per heavy atom. The van der Waals surface area contributed by atoms with Crippen LogP contribution in [0, 0.1) is 0 Å². The maximum absolute atomic E-state index is 11.5. The van der Waals surface area contributed by atoms with Crippen molar-refractivity contribution in [2.24, 2.45) is 0 Å². The zero-order valence-corrected chi connectivity index (χ0v) is 29.6. The Labute approximate surface area is 247 Å². The van der Waals surface area contributed by atoms with Gasteiger partial charge in [0, 0.05) is 18.6 Å². The summed E-state index contributed by atoms with van der Waals surface area (Å²) in [4.78, 5) is 2.48. The molecule has 1 N–H and O–H groups in total. The Bertz CT molecular complexity index is 724. The highest BCUT2D eigenvalue weighted by Crippen LogP contribution is 2.27. The van der Waals surface area contributed by atoms with Gasteiger partial charge in [0.2, 0.25) is 0 Å². The van der Waals surface area contributed by atoms with Gasteiger partial charge in [-0.05, 0) is 34.1 Å². The minimum Gasteiger partial charge on any atom is -0.374 e. The number of quaternary nitrogens is 1. The zero-order chi connectivity index (χ0) is 34.9. The number of rotatable bonds is 12. The van der Waals surface area contributed by atoms with Crippen LogP contribution in [0.1, 0.15) is 96.4 Å². The lowest BCUT2D eigenvalue weighted by molar-refractivity contribution is -0.890. The van der Waals surface area contributed by atoms with Crippen molar-refractivity contribution < 1.29 is 52.4 Å². The molecule has 0 saturated heterocycles. The van der Waals surface area contributed by atoms with Crippen LogP contribution in [0.4, 0.5) is 26.3 Å². The molecular weight excluding hydrogens is 600 g/mol. The molecule has 0 fully saturated rings. The predicted molar refractivity (Wildman–Crippen MR) is 158 cm³/mol. The molecule has 0 spiro atoms. The molecule has 0 radical (unpaired) electrons. The molecule has 0 aliphatic heterocycles. The van der Waals surface area contributed by atoms with Crippen molar-refractivity contribution in [1.82, 2.24) is 9.03 Å². The molecule has 0 amide bonds. The van der Waals surface area contributed by atoms with Gasteiger partial charge in [0.15, 0.2) is 0 Å². The molecule has 0 unspecified atom stereocenters. The van der Waals surface area contributed by atoms with E-state index in [1.165, 1.54) is 13.0 Å². The van der Waals surface area contributed by atoms with E-state index in [1.54, 1.807) is 0 Å². The molecule has 0 bridgehead atoms. The summed E-state index contributed by atoms with van der Waals surface area (Å²) in [5.74, 6) is 0. The first-order valence-electron chi connectivity index (χ1n) is 14.1. The smallest absolute Gasteiger partial charge is 0.374 e. The summed E-state index contributed by atoms with van der Waals surface area (Å²) >= 11 is 0. The van der Waals surface area contributed by atoms with Crippen LogP contribution in [0.2, 0.25) is 0 Å². The number of likely N-dealkylation sites (N-methyl/N-ethyl adjacent to an activating group) is 1. The molecule has 41 heavy (non-hydrogen) atoms. The third-order valence-electron chi connectivity index (χ3n) is 4.32. The monoisotopic (exact) mass is 660 g/mol. The van der Waals surface area contributed by atoms with Crippen molar-refractivity contribution in [3.63, 3.8) is 0 Å². The summed E-state index contributed by atoms with van der Waals surface area (Å²) in [5.41, 5.74) is -12.3. The molecule has 0 rings (SSSR count). The van der Waals surface area contributed by atoms with E-state index < -0.39 is 35.2 Å². The molecule has 16 heteroatoms. The average Bonchev–Trinajstić information content (AvgIpc) is 2.84. The second-order valence-corrected chi connectivity index (χ2v) is 12.0. The normalized spacial score (nSPS) is 11.9. The number of ether oxygens (including phenoxy) is 1. The number of hydrogen-bond donors (Lipinski definition) is 1. The number of sulfonamides is 2. The van der Waals surface area contributed by atoms with Crippen LogP contribution in [0.3, 0.4) is 0 Å². The Balaban J connectivity index is -0.000000121. The standard InChI is InChI=1S/C15H35N2O.C2HF6NO4S2.4C2H6/c1-8-10-17(6,7)11-13-18-12-9-16(14(2)3)15(4)5;3-1(4,5)14(10,11)9-15(12,13)2(6,7)8;4*1-2/h14-15H,8-13H2,1-7H3;9H;4*1-2H3/q+1;;;;;. The fourth-order valence-electron chi connectivity index (χ4n) is 2.65. The van der Waals surface area contributed by atoms with Gasteiger partial charge >= 0.3 is 31.1 Å². The van der Waals surface area contributed by atoms with Gasteiger partial charge in [-0.3, -0.25) is 4.90 Å². The molecule has 0 aliphatic carbocycles. The van der Waals surface area contributed by atoms with Gasteiger partial charge in [-0.2, -0.15) is 26.3 Å². The van der Waals surface area contributed by atoms with Crippen LogP contribution in [-0.2, 0) is 24.8 Å². The van der Waals surface area contributed by atoms with Gasteiger partial charge in [-0.15, -0.1) is 0 Å². The average molecular weight is 661 g/mol.